The van der Waals surface area contributed by atoms with Gasteiger partial charge in [0.25, 0.3) is 23.6 Å². The van der Waals surface area contributed by atoms with Crippen molar-refractivity contribution in [1.29, 1.82) is 0 Å². The third-order valence-electron chi connectivity index (χ3n) is 5.83. The Bertz CT molecular complexity index is 1180. The first-order valence-corrected chi connectivity index (χ1v) is 13.2. The van der Waals surface area contributed by atoms with Crippen molar-refractivity contribution in [2.75, 3.05) is 14.1 Å². The van der Waals surface area contributed by atoms with E-state index in [4.69, 9.17) is 0 Å². The van der Waals surface area contributed by atoms with Crippen LogP contribution in [0.15, 0.2) is 60.7 Å². The van der Waals surface area contributed by atoms with Gasteiger partial charge >= 0.3 is 0 Å². The van der Waals surface area contributed by atoms with Gasteiger partial charge in [-0.25, -0.2) is 0 Å². The number of aryl methyl sites for hydroxylation is 2. The predicted molar refractivity (Wildman–Crippen MR) is 155 cm³/mol. The van der Waals surface area contributed by atoms with Crippen molar-refractivity contribution in [1.82, 2.24) is 9.80 Å². The number of rotatable bonds is 1. The van der Waals surface area contributed by atoms with Gasteiger partial charge < -0.3 is 0 Å². The molecule has 0 unspecified atom stereocenters. The van der Waals surface area contributed by atoms with Crippen molar-refractivity contribution in [3.05, 3.63) is 94.0 Å². The minimum atomic E-state index is -0.337. The summed E-state index contributed by atoms with van der Waals surface area (Å²) in [6, 6.07) is 18.8. The zero-order valence-electron chi connectivity index (χ0n) is 24.3. The Hall–Kier alpha value is -4.06. The van der Waals surface area contributed by atoms with E-state index in [0.717, 1.165) is 32.1 Å². The molecule has 3 aromatic rings. The number of carbonyl (C=O) groups is 4. The molecule has 0 radical (unpaired) electrons. The maximum absolute atomic E-state index is 12.3. The summed E-state index contributed by atoms with van der Waals surface area (Å²) in [6.07, 6.45) is 0. The molecule has 4 amide bonds. The van der Waals surface area contributed by atoms with E-state index in [1.54, 1.807) is 24.3 Å². The molecule has 0 aromatic heterocycles. The Kier molecular flexibility index (Phi) is 12.3. The van der Waals surface area contributed by atoms with E-state index in [2.05, 4.69) is 0 Å². The third-order valence-corrected chi connectivity index (χ3v) is 5.83. The standard InChI is InChI=1S/C20H16N2O4.C6H6.3C2H6/c1-9-5-13-15(19(25)21(3)17(13)23)7-11(9)12-8-16-14(6-10(12)2)18(24)22(4)20(16)26;1-2-4-6-5-3-1;3*1-2/h5-8H,1-4H3;1-6H;3*1-2H3. The summed E-state index contributed by atoms with van der Waals surface area (Å²) in [4.78, 5) is 51.1. The second-order valence-corrected chi connectivity index (χ2v) is 7.92. The van der Waals surface area contributed by atoms with Gasteiger partial charge in [-0.3, -0.25) is 29.0 Å². The molecule has 202 valence electrons. The number of benzene rings is 3. The molecule has 0 saturated heterocycles. The van der Waals surface area contributed by atoms with Crippen LogP contribution in [0.5, 0.6) is 0 Å². The van der Waals surface area contributed by atoms with Gasteiger partial charge in [-0.05, 0) is 60.4 Å². The highest BCUT2D eigenvalue weighted by atomic mass is 16.2. The highest BCUT2D eigenvalue weighted by Gasteiger charge is 2.35. The summed E-state index contributed by atoms with van der Waals surface area (Å²) in [7, 11) is 2.92. The molecule has 6 heteroatoms. The van der Waals surface area contributed by atoms with Crippen molar-refractivity contribution >= 4 is 23.6 Å². The van der Waals surface area contributed by atoms with Crippen molar-refractivity contribution in [2.24, 2.45) is 0 Å². The average Bonchev–Trinajstić information content (AvgIpc) is 3.31. The van der Waals surface area contributed by atoms with Gasteiger partial charge in [-0.1, -0.05) is 77.9 Å². The molecule has 38 heavy (non-hydrogen) atoms. The van der Waals surface area contributed by atoms with Crippen LogP contribution in [0.25, 0.3) is 11.1 Å². The quantitative estimate of drug-likeness (QED) is 0.321. The molecule has 0 saturated carbocycles. The van der Waals surface area contributed by atoms with Gasteiger partial charge in [0.1, 0.15) is 0 Å². The van der Waals surface area contributed by atoms with Crippen LogP contribution in [0.2, 0.25) is 0 Å². The molecule has 0 spiro atoms. The van der Waals surface area contributed by atoms with E-state index in [0.29, 0.717) is 22.3 Å². The Morgan fingerprint density at radius 3 is 0.842 bits per heavy atom. The fourth-order valence-electron chi connectivity index (χ4n) is 4.00. The fourth-order valence-corrected chi connectivity index (χ4v) is 4.00. The van der Waals surface area contributed by atoms with Crippen LogP contribution < -0.4 is 0 Å². The molecule has 0 N–H and O–H groups in total. The van der Waals surface area contributed by atoms with Gasteiger partial charge in [0.2, 0.25) is 0 Å². The van der Waals surface area contributed by atoms with Crippen LogP contribution in [0.1, 0.15) is 94.1 Å². The largest absolute Gasteiger partial charge is 0.277 e. The van der Waals surface area contributed by atoms with Crippen LogP contribution in [0.3, 0.4) is 0 Å². The highest BCUT2D eigenvalue weighted by molar-refractivity contribution is 6.23. The van der Waals surface area contributed by atoms with Crippen molar-refractivity contribution in [2.45, 2.75) is 55.4 Å². The first-order chi connectivity index (χ1) is 18.2. The molecular weight excluding hydrogens is 476 g/mol. The molecule has 0 bridgehead atoms. The number of nitrogens with zero attached hydrogens (tertiary/aromatic N) is 2. The van der Waals surface area contributed by atoms with Gasteiger partial charge in [0.15, 0.2) is 0 Å². The number of amides is 4. The topological polar surface area (TPSA) is 74.8 Å². The van der Waals surface area contributed by atoms with Crippen LogP contribution in [-0.2, 0) is 0 Å². The maximum Gasteiger partial charge on any atom is 0.261 e. The second-order valence-electron chi connectivity index (χ2n) is 7.92. The van der Waals surface area contributed by atoms with Gasteiger partial charge in [-0.15, -0.1) is 0 Å². The molecule has 2 heterocycles. The van der Waals surface area contributed by atoms with E-state index in [9.17, 15) is 19.2 Å². The Morgan fingerprint density at radius 2 is 0.605 bits per heavy atom. The normalized spacial score (nSPS) is 12.6. The second kappa shape index (κ2) is 14.6. The molecule has 0 aliphatic carbocycles. The minimum Gasteiger partial charge on any atom is -0.277 e. The maximum atomic E-state index is 12.3. The Labute approximate surface area is 227 Å². The van der Waals surface area contributed by atoms with Crippen LogP contribution in [-0.4, -0.2) is 47.5 Å². The van der Waals surface area contributed by atoms with E-state index < -0.39 is 0 Å². The van der Waals surface area contributed by atoms with E-state index in [-0.39, 0.29) is 23.6 Å². The lowest BCUT2D eigenvalue weighted by atomic mass is 9.90. The first-order valence-electron chi connectivity index (χ1n) is 13.2. The number of carbonyl (C=O) groups excluding carboxylic acids is 4. The van der Waals surface area contributed by atoms with Crippen LogP contribution in [0.4, 0.5) is 0 Å². The molecular formula is C32H40N2O4. The number of fused-ring (bicyclic) bond motifs is 2. The van der Waals surface area contributed by atoms with Crippen molar-refractivity contribution < 1.29 is 19.2 Å². The van der Waals surface area contributed by atoms with Crippen LogP contribution in [0, 0.1) is 13.8 Å². The molecule has 0 fully saturated rings. The first kappa shape index (κ1) is 32.0. The Balaban J connectivity index is 0.000000511. The summed E-state index contributed by atoms with van der Waals surface area (Å²) in [5.41, 5.74) is 4.70. The summed E-state index contributed by atoms with van der Waals surface area (Å²) in [5.74, 6) is -1.30. The summed E-state index contributed by atoms with van der Waals surface area (Å²) < 4.78 is 0. The SMILES string of the molecule is CC.CC.CC.Cc1cc2c(cc1-c1cc3c(cc1C)C(=O)N(C)C3=O)C(=O)N(C)C2=O.c1ccccc1. The lowest BCUT2D eigenvalue weighted by molar-refractivity contribution is 0.0677. The molecule has 2 aliphatic rings. The molecule has 5 rings (SSSR count). The summed E-state index contributed by atoms with van der Waals surface area (Å²) in [5, 5.41) is 0. The Morgan fingerprint density at radius 1 is 0.395 bits per heavy atom. The zero-order valence-corrected chi connectivity index (χ0v) is 24.3. The molecule has 6 nitrogen and oxygen atoms in total. The van der Waals surface area contributed by atoms with Gasteiger partial charge in [-0.2, -0.15) is 0 Å². The van der Waals surface area contributed by atoms with Gasteiger partial charge in [0, 0.05) is 14.1 Å². The van der Waals surface area contributed by atoms with Gasteiger partial charge in [0.05, 0.1) is 22.3 Å². The van der Waals surface area contributed by atoms with E-state index in [1.807, 2.05) is 91.8 Å². The van der Waals surface area contributed by atoms with Crippen LogP contribution >= 0.6 is 0 Å². The predicted octanol–water partition coefficient (Wildman–Crippen LogP) is 7.19. The van der Waals surface area contributed by atoms with Crippen molar-refractivity contribution in [3.63, 3.8) is 0 Å². The zero-order chi connectivity index (χ0) is 29.2. The van der Waals surface area contributed by atoms with E-state index >= 15 is 0 Å². The molecule has 3 aromatic carbocycles. The molecule has 0 atom stereocenters. The minimum absolute atomic E-state index is 0.312. The summed E-state index contributed by atoms with van der Waals surface area (Å²) >= 11 is 0. The third kappa shape index (κ3) is 6.25. The fraction of sp³-hybridized carbons (Fsp3) is 0.312. The smallest absolute Gasteiger partial charge is 0.261 e. The average molecular weight is 517 g/mol. The molecule has 2 aliphatic heterocycles. The lowest BCUT2D eigenvalue weighted by Gasteiger charge is -2.12. The number of hydrogen-bond acceptors (Lipinski definition) is 4. The lowest BCUT2D eigenvalue weighted by Crippen LogP contribution is -2.24. The summed E-state index contributed by atoms with van der Waals surface area (Å²) in [6.45, 7) is 15.7. The monoisotopic (exact) mass is 516 g/mol. The number of imide groups is 2. The van der Waals surface area contributed by atoms with E-state index in [1.165, 1.54) is 14.1 Å². The van der Waals surface area contributed by atoms with Crippen molar-refractivity contribution in [3.8, 4) is 11.1 Å². The highest BCUT2D eigenvalue weighted by Crippen LogP contribution is 2.35. The number of hydrogen-bond donors (Lipinski definition) is 0.